The SMILES string of the molecule is C=C(O)CN1CCN(CC(=O)O)CCN(CC(=O)CCCOCCOCCOCCOCCNC(=S)Nc2ccc(SC3=C(/C=C/C4=Nc5c(ccc[n+]5C)C4(C)C)C[N+](C)(C)C/C3=C\C=C3/N=C4C(=CC=CN4C)C3(C)C)cc2)CCN(CC(=O)O)CC1. The fourth-order valence-electron chi connectivity index (χ4n) is 11.3. The Morgan fingerprint density at radius 2 is 1.33 bits per heavy atom. The second-order valence-electron chi connectivity index (χ2n) is 24.8. The molecule has 0 radical (unpaired) electrons. The van der Waals surface area contributed by atoms with Crippen molar-refractivity contribution in [1.82, 2.24) is 29.8 Å². The molecule has 1 fully saturated rings. The monoisotopic (exact) mass is 1270 g/mol. The van der Waals surface area contributed by atoms with Gasteiger partial charge in [-0.2, -0.15) is 0 Å². The second-order valence-corrected chi connectivity index (χ2v) is 26.3. The molecule has 0 spiro atoms. The first-order chi connectivity index (χ1) is 42.5. The number of nitrogens with zero attached hydrogens (tertiary/aromatic N) is 9. The van der Waals surface area contributed by atoms with E-state index in [1.54, 1.807) is 11.8 Å². The highest BCUT2D eigenvalue weighted by Crippen LogP contribution is 2.45. The number of hydrogen-bond donors (Lipinski definition) is 5. The molecule has 0 atom stereocenters. The van der Waals surface area contributed by atoms with Gasteiger partial charge in [0.25, 0.3) is 0 Å². The Hall–Kier alpha value is -6.22. The van der Waals surface area contributed by atoms with Gasteiger partial charge in [0, 0.05) is 123 Å². The zero-order valence-corrected chi connectivity index (χ0v) is 55.1. The summed E-state index contributed by atoms with van der Waals surface area (Å²) in [6.07, 6.45) is 18.3. The van der Waals surface area contributed by atoms with E-state index in [2.05, 4.69) is 168 Å². The van der Waals surface area contributed by atoms with E-state index in [1.165, 1.54) is 27.2 Å². The maximum Gasteiger partial charge on any atom is 0.327 e. The molecular formula is C66H95N11O10S2+2. The van der Waals surface area contributed by atoms with Crippen molar-refractivity contribution in [2.75, 3.05) is 177 Å². The number of rotatable bonds is 30. The lowest BCUT2D eigenvalue weighted by molar-refractivity contribution is -0.881. The lowest BCUT2D eigenvalue weighted by atomic mass is 9.81. The fraction of sp³-hybridized carbons (Fsp3) is 0.530. The second kappa shape index (κ2) is 33.7. The number of quaternary nitrogens is 1. The quantitative estimate of drug-likeness (QED) is 0.0189. The number of anilines is 1. The third kappa shape index (κ3) is 21.7. The van der Waals surface area contributed by atoms with Gasteiger partial charge in [0.1, 0.15) is 24.7 Å². The van der Waals surface area contributed by atoms with E-state index in [9.17, 15) is 29.7 Å². The number of carboxylic acid groups (broad SMARTS) is 2. The predicted octanol–water partition coefficient (Wildman–Crippen LogP) is 6.37. The van der Waals surface area contributed by atoms with Crippen LogP contribution in [-0.4, -0.2) is 251 Å². The average Bonchev–Trinajstić information content (AvgIpc) is 1.69. The van der Waals surface area contributed by atoms with Crippen LogP contribution in [0.15, 0.2) is 140 Å². The number of carboxylic acids is 2. The lowest BCUT2D eigenvalue weighted by Gasteiger charge is -2.37. The first-order valence-corrected chi connectivity index (χ1v) is 32.0. The number of thiocarbonyl (C=S) groups is 1. The number of aliphatic imine (C=N–C) groups is 2. The smallest absolute Gasteiger partial charge is 0.327 e. The number of aryl methyl sites for hydroxylation is 1. The van der Waals surface area contributed by atoms with Crippen molar-refractivity contribution in [3.63, 3.8) is 0 Å². The van der Waals surface area contributed by atoms with Gasteiger partial charge in [-0.15, -0.1) is 0 Å². The van der Waals surface area contributed by atoms with Crippen LogP contribution < -0.4 is 15.2 Å². The normalized spacial score (nSPS) is 20.0. The van der Waals surface area contributed by atoms with Crippen molar-refractivity contribution in [1.29, 1.82) is 0 Å². The molecule has 5 aliphatic rings. The minimum atomic E-state index is -0.950. The highest BCUT2D eigenvalue weighted by Gasteiger charge is 2.42. The van der Waals surface area contributed by atoms with Crippen LogP contribution in [0.5, 0.6) is 0 Å². The number of ketones is 1. The third-order valence-electron chi connectivity index (χ3n) is 16.2. The van der Waals surface area contributed by atoms with Crippen molar-refractivity contribution in [3.8, 4) is 0 Å². The highest BCUT2D eigenvalue weighted by atomic mass is 32.2. The van der Waals surface area contributed by atoms with Crippen molar-refractivity contribution < 1.29 is 57.7 Å². The molecule has 484 valence electrons. The summed E-state index contributed by atoms with van der Waals surface area (Å²) in [7, 11) is 8.70. The van der Waals surface area contributed by atoms with Crippen LogP contribution in [0.4, 0.5) is 11.5 Å². The molecule has 0 unspecified atom stereocenters. The first kappa shape index (κ1) is 70.2. The number of aromatic nitrogens is 1. The molecule has 5 aliphatic heterocycles. The fourth-order valence-corrected chi connectivity index (χ4v) is 12.5. The number of nitrogens with one attached hydrogen (secondary N) is 2. The summed E-state index contributed by atoms with van der Waals surface area (Å²) in [6.45, 7) is 21.7. The largest absolute Gasteiger partial charge is 0.512 e. The van der Waals surface area contributed by atoms with Gasteiger partial charge < -0.3 is 54.3 Å². The number of benzene rings is 1. The molecule has 0 saturated carbocycles. The number of hydrogen-bond acceptors (Lipinski definition) is 17. The third-order valence-corrected chi connectivity index (χ3v) is 17.7. The summed E-state index contributed by atoms with van der Waals surface area (Å²) in [6, 6.07) is 12.7. The number of thioether (sulfide) groups is 1. The summed E-state index contributed by atoms with van der Waals surface area (Å²) >= 11 is 7.44. The Morgan fingerprint density at radius 1 is 0.753 bits per heavy atom. The topological polar surface area (TPSA) is 218 Å². The minimum Gasteiger partial charge on any atom is -0.512 e. The van der Waals surface area contributed by atoms with E-state index in [0.29, 0.717) is 130 Å². The predicted molar refractivity (Wildman–Crippen MR) is 355 cm³/mol. The van der Waals surface area contributed by atoms with Crippen LogP contribution >= 0.6 is 24.0 Å². The van der Waals surface area contributed by atoms with E-state index < -0.39 is 11.9 Å². The molecule has 89 heavy (non-hydrogen) atoms. The number of Topliss-reactive ketones (excluding diaryl/α,β-unsaturated/α-hetero) is 1. The van der Waals surface area contributed by atoms with Crippen LogP contribution in [0, 0.1) is 5.41 Å². The molecular weight excluding hydrogens is 1170 g/mol. The number of likely N-dealkylation sites (N-methyl/N-ethyl adjacent to an activating group) is 2. The Labute approximate surface area is 536 Å². The van der Waals surface area contributed by atoms with Crippen LogP contribution in [0.25, 0.3) is 0 Å². The number of aliphatic hydroxyl groups is 1. The Bertz CT molecular complexity index is 3050. The molecule has 1 aromatic heterocycles. The molecule has 21 nitrogen and oxygen atoms in total. The highest BCUT2D eigenvalue weighted by molar-refractivity contribution is 8.03. The number of pyridine rings is 1. The van der Waals surface area contributed by atoms with Gasteiger partial charge in [0.05, 0.1) is 122 Å². The Morgan fingerprint density at radius 3 is 1.90 bits per heavy atom. The Kier molecular flexibility index (Phi) is 26.6. The van der Waals surface area contributed by atoms with Crippen LogP contribution in [-0.2, 0) is 45.8 Å². The van der Waals surface area contributed by atoms with Gasteiger partial charge in [0.2, 0.25) is 0 Å². The van der Waals surface area contributed by atoms with Gasteiger partial charge in [-0.1, -0.05) is 44.3 Å². The van der Waals surface area contributed by atoms with Gasteiger partial charge in [-0.05, 0) is 98.2 Å². The minimum absolute atomic E-state index is 0.0148. The molecule has 0 amide bonds. The molecule has 1 saturated heterocycles. The number of ether oxygens (including phenoxy) is 4. The summed E-state index contributed by atoms with van der Waals surface area (Å²) in [5, 5.41) is 36.0. The Balaban J connectivity index is 0.789. The van der Waals surface area contributed by atoms with Gasteiger partial charge >= 0.3 is 17.8 Å². The molecule has 7 rings (SSSR count). The number of aliphatic carboxylic acids is 2. The van der Waals surface area contributed by atoms with Gasteiger partial charge in [0.15, 0.2) is 10.8 Å². The molecule has 2 aromatic rings. The molecule has 5 N–H and O–H groups in total. The van der Waals surface area contributed by atoms with Crippen LogP contribution in [0.2, 0.25) is 0 Å². The zero-order valence-electron chi connectivity index (χ0n) is 53.5. The van der Waals surface area contributed by atoms with Gasteiger partial charge in [-0.25, -0.2) is 9.56 Å². The van der Waals surface area contributed by atoms with Crippen molar-refractivity contribution in [2.45, 2.75) is 50.8 Å². The number of amidine groups is 1. The van der Waals surface area contributed by atoms with Crippen molar-refractivity contribution >= 4 is 69.9 Å². The number of allylic oxidation sites excluding steroid dienone is 6. The summed E-state index contributed by atoms with van der Waals surface area (Å²) in [5.74, 6) is 0.110. The standard InChI is InChI=1S/C66H93N11O10S2/c1-49(78)43-73-27-31-75(45-59(80)81)33-29-74(30-34-76(32-28-73)46-60(82)83)44-53(79)13-12-35-84-37-39-86-41-42-87-40-38-85-36-24-67-64(88)68-52-18-20-54(21-19-52)89-61-50(16-22-57-65(2,3)55-14-10-25-71(6)62(55)69-57)47-77(8,9)48-51(61)17-23-58-66(4,5)56-15-11-26-72(7)63(56)70-58/h10-11,14-23,25-26H,1,12-13,24,27-48H2,2-9H3,(H3-2,67,68,78,80,81,82,83,88)/p+2. The number of carbonyl (C=O) groups excluding carboxylic acids is 1. The van der Waals surface area contributed by atoms with Crippen molar-refractivity contribution in [2.24, 2.45) is 22.4 Å². The first-order valence-electron chi connectivity index (χ1n) is 30.8. The molecule has 23 heteroatoms. The maximum absolute atomic E-state index is 13.1. The summed E-state index contributed by atoms with van der Waals surface area (Å²) < 4.78 is 25.7. The summed E-state index contributed by atoms with van der Waals surface area (Å²) in [5.41, 5.74) is 7.45. The molecule has 0 bridgehead atoms. The maximum atomic E-state index is 13.1. The average molecular weight is 1270 g/mol. The zero-order chi connectivity index (χ0) is 64.1. The molecule has 1 aromatic carbocycles. The molecule has 6 heterocycles. The molecule has 0 aliphatic carbocycles. The van der Waals surface area contributed by atoms with Gasteiger partial charge in [-0.3, -0.25) is 34.0 Å². The van der Waals surface area contributed by atoms with E-state index in [4.69, 9.17) is 41.2 Å². The van der Waals surface area contributed by atoms with Crippen molar-refractivity contribution in [3.05, 3.63) is 130 Å². The van der Waals surface area contributed by atoms with E-state index >= 15 is 0 Å². The van der Waals surface area contributed by atoms with E-state index in [1.807, 2.05) is 19.6 Å². The number of aliphatic hydroxyl groups excluding tert-OH is 1. The lowest BCUT2D eigenvalue weighted by Crippen LogP contribution is -2.48. The van der Waals surface area contributed by atoms with Crippen LogP contribution in [0.3, 0.4) is 0 Å². The van der Waals surface area contributed by atoms with E-state index in [0.717, 1.165) is 51.2 Å². The summed E-state index contributed by atoms with van der Waals surface area (Å²) in [4.78, 5) is 58.6. The number of fused-ring (bicyclic) bond motifs is 2. The van der Waals surface area contributed by atoms with Crippen LogP contribution in [0.1, 0.15) is 46.1 Å². The number of carbonyl (C=O) groups is 3. The van der Waals surface area contributed by atoms with E-state index in [-0.39, 0.29) is 48.6 Å².